The van der Waals surface area contributed by atoms with E-state index in [0.717, 1.165) is 59.2 Å². The Kier molecular flexibility index (Phi) is 4.54. The van der Waals surface area contributed by atoms with Crippen molar-refractivity contribution in [2.75, 3.05) is 32.7 Å². The second-order valence-corrected chi connectivity index (χ2v) is 7.92. The van der Waals surface area contributed by atoms with Crippen LogP contribution in [0.5, 0.6) is 0 Å². The monoisotopic (exact) mass is 368 g/mol. The molecule has 0 atom stereocenters. The van der Waals surface area contributed by atoms with E-state index in [0.29, 0.717) is 0 Å². The Morgan fingerprint density at radius 1 is 1.12 bits per heavy atom. The lowest BCUT2D eigenvalue weighted by atomic mass is 10.2. The van der Waals surface area contributed by atoms with Crippen molar-refractivity contribution in [3.63, 3.8) is 0 Å². The number of thiophene rings is 1. The molecule has 0 N–H and O–H groups in total. The normalized spacial score (nSPS) is 15.7. The predicted molar refractivity (Wildman–Crippen MR) is 106 cm³/mol. The molecule has 1 fully saturated rings. The molecule has 5 nitrogen and oxygen atoms in total. The van der Waals surface area contributed by atoms with Gasteiger partial charge in [0.15, 0.2) is 0 Å². The van der Waals surface area contributed by atoms with Crippen LogP contribution in [-0.4, -0.2) is 58.2 Å². The number of fused-ring (bicyclic) bond motifs is 1. The maximum absolute atomic E-state index is 13.0. The van der Waals surface area contributed by atoms with Crippen molar-refractivity contribution < 1.29 is 4.79 Å². The zero-order chi connectivity index (χ0) is 18.3. The van der Waals surface area contributed by atoms with E-state index in [2.05, 4.69) is 48.1 Å². The summed E-state index contributed by atoms with van der Waals surface area (Å²) in [5.74, 6) is 0.150. The van der Waals surface area contributed by atoms with Crippen LogP contribution in [0.3, 0.4) is 0 Å². The minimum Gasteiger partial charge on any atom is -0.335 e. The number of nitrogens with zero attached hydrogens (tertiary/aromatic N) is 4. The zero-order valence-electron chi connectivity index (χ0n) is 15.5. The van der Waals surface area contributed by atoms with Gasteiger partial charge in [0.1, 0.15) is 4.83 Å². The minimum absolute atomic E-state index is 0.150. The number of piperazine rings is 1. The van der Waals surface area contributed by atoms with Gasteiger partial charge in [0, 0.05) is 31.6 Å². The van der Waals surface area contributed by atoms with E-state index in [4.69, 9.17) is 0 Å². The maximum atomic E-state index is 13.0. The molecule has 1 aliphatic heterocycles. The van der Waals surface area contributed by atoms with E-state index in [9.17, 15) is 4.79 Å². The van der Waals surface area contributed by atoms with Crippen molar-refractivity contribution in [1.82, 2.24) is 19.6 Å². The average molecular weight is 369 g/mol. The number of hydrogen-bond acceptors (Lipinski definition) is 4. The molecule has 2 aromatic heterocycles. The fourth-order valence-corrected chi connectivity index (χ4v) is 4.59. The molecule has 6 heteroatoms. The van der Waals surface area contributed by atoms with E-state index in [-0.39, 0.29) is 5.91 Å². The molecule has 1 saturated heterocycles. The van der Waals surface area contributed by atoms with Crippen LogP contribution in [0.15, 0.2) is 30.3 Å². The van der Waals surface area contributed by atoms with E-state index in [1.165, 1.54) is 5.56 Å². The number of rotatable bonds is 3. The van der Waals surface area contributed by atoms with Crippen molar-refractivity contribution in [1.29, 1.82) is 0 Å². The van der Waals surface area contributed by atoms with Gasteiger partial charge >= 0.3 is 0 Å². The highest BCUT2D eigenvalue weighted by Gasteiger charge is 2.24. The summed E-state index contributed by atoms with van der Waals surface area (Å²) in [6.45, 7) is 10.8. The van der Waals surface area contributed by atoms with E-state index in [1.54, 1.807) is 11.3 Å². The van der Waals surface area contributed by atoms with Crippen molar-refractivity contribution in [3.05, 3.63) is 46.5 Å². The molecule has 136 valence electrons. The fraction of sp³-hybridized carbons (Fsp3) is 0.400. The quantitative estimate of drug-likeness (QED) is 0.711. The molecule has 0 spiro atoms. The summed E-state index contributed by atoms with van der Waals surface area (Å²) in [5.41, 5.74) is 3.22. The molecular weight excluding hydrogens is 344 g/mol. The molecule has 0 aliphatic carbocycles. The molecule has 26 heavy (non-hydrogen) atoms. The summed E-state index contributed by atoms with van der Waals surface area (Å²) in [7, 11) is 0. The molecule has 4 rings (SSSR count). The Labute approximate surface area is 157 Å². The first kappa shape index (κ1) is 17.2. The molecule has 3 aromatic rings. The van der Waals surface area contributed by atoms with Crippen molar-refractivity contribution >= 4 is 27.5 Å². The third-order valence-corrected chi connectivity index (χ3v) is 6.24. The molecule has 0 saturated carbocycles. The molecule has 3 heterocycles. The van der Waals surface area contributed by atoms with Gasteiger partial charge in [-0.2, -0.15) is 5.10 Å². The van der Waals surface area contributed by atoms with E-state index < -0.39 is 0 Å². The van der Waals surface area contributed by atoms with Crippen LogP contribution in [-0.2, 0) is 0 Å². The number of amides is 1. The lowest BCUT2D eigenvalue weighted by Crippen LogP contribution is -2.48. The van der Waals surface area contributed by atoms with Gasteiger partial charge in [-0.1, -0.05) is 24.6 Å². The molecule has 1 aromatic carbocycles. The minimum atomic E-state index is 0.150. The highest BCUT2D eigenvalue weighted by molar-refractivity contribution is 7.20. The Hall–Kier alpha value is -2.18. The third-order valence-electron chi connectivity index (χ3n) is 5.14. The summed E-state index contributed by atoms with van der Waals surface area (Å²) in [4.78, 5) is 19.2. The second-order valence-electron chi connectivity index (χ2n) is 6.89. The lowest BCUT2D eigenvalue weighted by molar-refractivity contribution is 0.0648. The number of benzene rings is 1. The Bertz CT molecular complexity index is 933. The summed E-state index contributed by atoms with van der Waals surface area (Å²) in [5, 5.41) is 5.75. The van der Waals surface area contributed by atoms with E-state index >= 15 is 0 Å². The molecule has 0 unspecified atom stereocenters. The third kappa shape index (κ3) is 3.04. The first-order valence-corrected chi connectivity index (χ1v) is 9.96. The summed E-state index contributed by atoms with van der Waals surface area (Å²) in [6, 6.07) is 10.3. The van der Waals surface area contributed by atoms with E-state index in [1.807, 2.05) is 22.6 Å². The van der Waals surface area contributed by atoms with Crippen molar-refractivity contribution in [3.8, 4) is 5.69 Å². The zero-order valence-corrected chi connectivity index (χ0v) is 16.3. The standard InChI is InChI=1S/C20H24N4OS/c1-4-22-9-11-23(12-10-22)19(25)18-13-17-15(3)21-24(20(17)26-18)16-7-5-14(2)6-8-16/h5-8,13H,4,9-12H2,1-3H3. The average Bonchev–Trinajstić information content (AvgIpc) is 3.23. The molecule has 1 aliphatic rings. The van der Waals surface area contributed by atoms with Gasteiger partial charge in [-0.15, -0.1) is 11.3 Å². The van der Waals surface area contributed by atoms with Crippen LogP contribution in [0, 0.1) is 13.8 Å². The number of likely N-dealkylation sites (N-methyl/N-ethyl adjacent to an activating group) is 1. The van der Waals surface area contributed by atoms with Gasteiger partial charge < -0.3 is 9.80 Å². The van der Waals surface area contributed by atoms with Crippen LogP contribution in [0.1, 0.15) is 27.9 Å². The largest absolute Gasteiger partial charge is 0.335 e. The second kappa shape index (κ2) is 6.85. The summed E-state index contributed by atoms with van der Waals surface area (Å²) >= 11 is 1.55. The predicted octanol–water partition coefficient (Wildman–Crippen LogP) is 3.48. The van der Waals surface area contributed by atoms with Gasteiger partial charge in [0.2, 0.25) is 0 Å². The van der Waals surface area contributed by atoms with Crippen LogP contribution < -0.4 is 0 Å². The smallest absolute Gasteiger partial charge is 0.264 e. The highest BCUT2D eigenvalue weighted by atomic mass is 32.1. The number of aromatic nitrogens is 2. The van der Waals surface area contributed by atoms with Crippen LogP contribution in [0.4, 0.5) is 0 Å². The van der Waals surface area contributed by atoms with Crippen LogP contribution in [0.2, 0.25) is 0 Å². The van der Waals surface area contributed by atoms with Crippen molar-refractivity contribution in [2.45, 2.75) is 20.8 Å². The Morgan fingerprint density at radius 3 is 2.46 bits per heavy atom. The van der Waals surface area contributed by atoms with Gasteiger partial charge in [-0.3, -0.25) is 4.79 Å². The number of aryl methyl sites for hydroxylation is 2. The maximum Gasteiger partial charge on any atom is 0.264 e. The summed E-state index contributed by atoms with van der Waals surface area (Å²) in [6.07, 6.45) is 0. The SMILES string of the molecule is CCN1CCN(C(=O)c2cc3c(C)nn(-c4ccc(C)cc4)c3s2)CC1. The number of carbonyl (C=O) groups excluding carboxylic acids is 1. The fourth-order valence-electron chi connectivity index (χ4n) is 3.44. The topological polar surface area (TPSA) is 41.4 Å². The summed E-state index contributed by atoms with van der Waals surface area (Å²) < 4.78 is 1.96. The molecule has 0 bridgehead atoms. The van der Waals surface area contributed by atoms with Gasteiger partial charge in [-0.25, -0.2) is 4.68 Å². The highest BCUT2D eigenvalue weighted by Crippen LogP contribution is 2.31. The van der Waals surface area contributed by atoms with Gasteiger partial charge in [-0.05, 0) is 38.6 Å². The molecular formula is C20H24N4OS. The Balaban J connectivity index is 1.65. The van der Waals surface area contributed by atoms with Crippen molar-refractivity contribution in [2.24, 2.45) is 0 Å². The first-order valence-electron chi connectivity index (χ1n) is 9.14. The van der Waals surface area contributed by atoms with Crippen LogP contribution in [0.25, 0.3) is 15.9 Å². The first-order chi connectivity index (χ1) is 12.6. The molecule has 0 radical (unpaired) electrons. The van der Waals surface area contributed by atoms with Gasteiger partial charge in [0.25, 0.3) is 5.91 Å². The Morgan fingerprint density at radius 2 is 1.81 bits per heavy atom. The lowest BCUT2D eigenvalue weighted by Gasteiger charge is -2.33. The van der Waals surface area contributed by atoms with Gasteiger partial charge in [0.05, 0.1) is 16.3 Å². The number of carbonyl (C=O) groups is 1. The number of hydrogen-bond donors (Lipinski definition) is 0. The molecule has 1 amide bonds. The van der Waals surface area contributed by atoms with Crippen LogP contribution >= 0.6 is 11.3 Å².